The van der Waals surface area contributed by atoms with Gasteiger partial charge in [-0.1, -0.05) is 13.0 Å². The third-order valence-electron chi connectivity index (χ3n) is 3.25. The number of imidazole rings is 1. The first-order chi connectivity index (χ1) is 9.08. The predicted octanol–water partition coefficient (Wildman–Crippen LogP) is 2.33. The number of carboxylic acids is 1. The summed E-state index contributed by atoms with van der Waals surface area (Å²) in [6.07, 6.45) is 0.806. The van der Waals surface area contributed by atoms with Gasteiger partial charge in [0.05, 0.1) is 23.7 Å². The molecule has 1 aromatic carbocycles. The lowest BCUT2D eigenvalue weighted by Gasteiger charge is -2.13. The number of aryl methyl sites for hydroxylation is 1. The predicted molar refractivity (Wildman–Crippen MR) is 72.5 cm³/mol. The van der Waals surface area contributed by atoms with Crippen LogP contribution >= 0.6 is 0 Å². The van der Waals surface area contributed by atoms with Gasteiger partial charge in [0.2, 0.25) is 0 Å². The number of methoxy groups -OCH3 is 1. The Hall–Kier alpha value is -1.88. The smallest absolute Gasteiger partial charge is 0.337 e. The van der Waals surface area contributed by atoms with Gasteiger partial charge in [-0.25, -0.2) is 9.78 Å². The van der Waals surface area contributed by atoms with Crippen molar-refractivity contribution in [1.29, 1.82) is 0 Å². The zero-order valence-electron chi connectivity index (χ0n) is 11.4. The van der Waals surface area contributed by atoms with Crippen molar-refractivity contribution in [3.63, 3.8) is 0 Å². The first-order valence-electron chi connectivity index (χ1n) is 6.32. The van der Waals surface area contributed by atoms with Crippen LogP contribution in [0.5, 0.6) is 0 Å². The fraction of sp³-hybridized carbons (Fsp3) is 0.429. The summed E-state index contributed by atoms with van der Waals surface area (Å²) < 4.78 is 7.32. The highest BCUT2D eigenvalue weighted by Gasteiger charge is 2.17. The lowest BCUT2D eigenvalue weighted by molar-refractivity contribution is 0.0699. The van der Waals surface area contributed by atoms with Crippen LogP contribution in [0.3, 0.4) is 0 Å². The van der Waals surface area contributed by atoms with Crippen LogP contribution in [-0.4, -0.2) is 33.8 Å². The van der Waals surface area contributed by atoms with Gasteiger partial charge in [-0.2, -0.15) is 0 Å². The van der Waals surface area contributed by atoms with Crippen molar-refractivity contribution in [1.82, 2.24) is 9.55 Å². The molecule has 2 rings (SSSR count). The van der Waals surface area contributed by atoms with Crippen molar-refractivity contribution >= 4 is 17.0 Å². The minimum absolute atomic E-state index is 0.0520. The molecule has 1 aromatic heterocycles. The zero-order valence-corrected chi connectivity index (χ0v) is 11.4. The van der Waals surface area contributed by atoms with Crippen LogP contribution in [0.25, 0.3) is 11.0 Å². The number of carboxylic acid groups (broad SMARTS) is 1. The van der Waals surface area contributed by atoms with Gasteiger partial charge in [-0.05, 0) is 19.1 Å². The van der Waals surface area contributed by atoms with Crippen molar-refractivity contribution in [2.24, 2.45) is 0 Å². The van der Waals surface area contributed by atoms with Crippen molar-refractivity contribution in [3.05, 3.63) is 29.6 Å². The summed E-state index contributed by atoms with van der Waals surface area (Å²) in [4.78, 5) is 15.7. The number of aromatic carboxylic acids is 1. The van der Waals surface area contributed by atoms with Gasteiger partial charge in [0.15, 0.2) is 0 Å². The van der Waals surface area contributed by atoms with E-state index in [0.717, 1.165) is 17.8 Å². The molecule has 0 spiro atoms. The van der Waals surface area contributed by atoms with Gasteiger partial charge in [-0.3, -0.25) is 0 Å². The summed E-state index contributed by atoms with van der Waals surface area (Å²) in [5.41, 5.74) is 1.65. The summed E-state index contributed by atoms with van der Waals surface area (Å²) in [5, 5.41) is 9.21. The van der Waals surface area contributed by atoms with Crippen LogP contribution in [0, 0.1) is 0 Å². The second-order valence-electron chi connectivity index (χ2n) is 4.52. The Bertz CT molecular complexity index is 604. The van der Waals surface area contributed by atoms with Gasteiger partial charge in [0.25, 0.3) is 0 Å². The van der Waals surface area contributed by atoms with Crippen molar-refractivity contribution in [2.75, 3.05) is 7.11 Å². The normalized spacial score (nSPS) is 12.8. The fourth-order valence-electron chi connectivity index (χ4n) is 2.17. The second kappa shape index (κ2) is 5.40. The van der Waals surface area contributed by atoms with E-state index in [-0.39, 0.29) is 11.7 Å². The number of benzene rings is 1. The number of fused-ring (bicyclic) bond motifs is 1. The minimum atomic E-state index is -0.947. The molecule has 0 fully saturated rings. The average molecular weight is 262 g/mol. The van der Waals surface area contributed by atoms with Gasteiger partial charge in [0.1, 0.15) is 11.3 Å². The van der Waals surface area contributed by atoms with E-state index in [4.69, 9.17) is 4.74 Å². The molecule has 5 nitrogen and oxygen atoms in total. The molecule has 1 unspecified atom stereocenters. The maximum atomic E-state index is 11.2. The highest BCUT2D eigenvalue weighted by Crippen LogP contribution is 2.21. The number of para-hydroxylation sites is 1. The van der Waals surface area contributed by atoms with Gasteiger partial charge in [0, 0.05) is 13.5 Å². The molecule has 0 aliphatic rings. The molecule has 1 heterocycles. The molecule has 102 valence electrons. The first kappa shape index (κ1) is 13.5. The molecule has 1 atom stereocenters. The number of hydrogen-bond donors (Lipinski definition) is 1. The lowest BCUT2D eigenvalue weighted by Crippen LogP contribution is -2.16. The van der Waals surface area contributed by atoms with Crippen LogP contribution in [0.15, 0.2) is 18.2 Å². The lowest BCUT2D eigenvalue weighted by atomic mass is 10.2. The standard InChI is InChI=1S/C14H18N2O3/c1-4-12-15-13-10(14(17)18)6-5-7-11(13)16(12)8-9(2)19-3/h5-7,9H,4,8H2,1-3H3,(H,17,18). The molecule has 1 N–H and O–H groups in total. The monoisotopic (exact) mass is 262 g/mol. The largest absolute Gasteiger partial charge is 0.478 e. The number of hydrogen-bond acceptors (Lipinski definition) is 3. The van der Waals surface area contributed by atoms with E-state index in [0.29, 0.717) is 12.1 Å². The molecular weight excluding hydrogens is 244 g/mol. The molecule has 19 heavy (non-hydrogen) atoms. The number of aromatic nitrogens is 2. The van der Waals surface area contributed by atoms with Crippen LogP contribution in [0.4, 0.5) is 0 Å². The van der Waals surface area contributed by atoms with Crippen molar-refractivity contribution in [2.45, 2.75) is 32.9 Å². The van der Waals surface area contributed by atoms with E-state index in [1.807, 2.05) is 24.5 Å². The Morgan fingerprint density at radius 1 is 1.53 bits per heavy atom. The number of nitrogens with zero attached hydrogens (tertiary/aromatic N) is 2. The zero-order chi connectivity index (χ0) is 14.0. The topological polar surface area (TPSA) is 64.3 Å². The maximum Gasteiger partial charge on any atom is 0.337 e. The Balaban J connectivity index is 2.62. The van der Waals surface area contributed by atoms with E-state index in [1.165, 1.54) is 0 Å². The third kappa shape index (κ3) is 2.46. The average Bonchev–Trinajstić information content (AvgIpc) is 2.76. The van der Waals surface area contributed by atoms with E-state index in [2.05, 4.69) is 4.98 Å². The van der Waals surface area contributed by atoms with Gasteiger partial charge < -0.3 is 14.4 Å². The minimum Gasteiger partial charge on any atom is -0.478 e. The SMILES string of the molecule is CCc1nc2c(C(=O)O)cccc2n1CC(C)OC. The molecule has 0 saturated carbocycles. The van der Waals surface area contributed by atoms with E-state index in [1.54, 1.807) is 19.2 Å². The van der Waals surface area contributed by atoms with Crippen LogP contribution in [0.2, 0.25) is 0 Å². The summed E-state index contributed by atoms with van der Waals surface area (Å²) >= 11 is 0. The van der Waals surface area contributed by atoms with Crippen LogP contribution in [0.1, 0.15) is 30.0 Å². The Kier molecular flexibility index (Phi) is 3.85. The number of rotatable bonds is 5. The van der Waals surface area contributed by atoms with Crippen LogP contribution < -0.4 is 0 Å². The number of carbonyl (C=O) groups is 1. The first-order valence-corrected chi connectivity index (χ1v) is 6.32. The summed E-state index contributed by atoms with van der Waals surface area (Å²) in [5.74, 6) is -0.0645. The Labute approximate surface area is 111 Å². The summed E-state index contributed by atoms with van der Waals surface area (Å²) in [6.45, 7) is 4.65. The summed E-state index contributed by atoms with van der Waals surface area (Å²) in [7, 11) is 1.66. The quantitative estimate of drug-likeness (QED) is 0.898. The molecule has 0 radical (unpaired) electrons. The van der Waals surface area contributed by atoms with Crippen molar-refractivity contribution < 1.29 is 14.6 Å². The molecule has 5 heteroatoms. The van der Waals surface area contributed by atoms with E-state index >= 15 is 0 Å². The molecule has 0 aliphatic carbocycles. The maximum absolute atomic E-state index is 11.2. The van der Waals surface area contributed by atoms with Crippen molar-refractivity contribution in [3.8, 4) is 0 Å². The van der Waals surface area contributed by atoms with Gasteiger partial charge >= 0.3 is 5.97 Å². The summed E-state index contributed by atoms with van der Waals surface area (Å²) in [6, 6.07) is 5.23. The highest BCUT2D eigenvalue weighted by atomic mass is 16.5. The van der Waals surface area contributed by atoms with E-state index in [9.17, 15) is 9.90 Å². The molecule has 0 amide bonds. The molecule has 0 aliphatic heterocycles. The fourth-order valence-corrected chi connectivity index (χ4v) is 2.17. The molecule has 0 bridgehead atoms. The number of ether oxygens (including phenoxy) is 1. The molecule has 2 aromatic rings. The molecular formula is C14H18N2O3. The van der Waals surface area contributed by atoms with E-state index < -0.39 is 5.97 Å². The highest BCUT2D eigenvalue weighted by molar-refractivity contribution is 6.01. The Morgan fingerprint density at radius 2 is 2.26 bits per heavy atom. The second-order valence-corrected chi connectivity index (χ2v) is 4.52. The molecule has 0 saturated heterocycles. The van der Waals surface area contributed by atoms with Crippen LogP contribution in [-0.2, 0) is 17.7 Å². The Morgan fingerprint density at radius 3 is 2.84 bits per heavy atom. The third-order valence-corrected chi connectivity index (χ3v) is 3.25. The van der Waals surface area contributed by atoms with Gasteiger partial charge in [-0.15, -0.1) is 0 Å².